The molecule has 0 radical (unpaired) electrons. The summed E-state index contributed by atoms with van der Waals surface area (Å²) in [6.45, 7) is 3.39. The maximum absolute atomic E-state index is 6.12. The topological polar surface area (TPSA) is 77.4 Å². The highest BCUT2D eigenvalue weighted by atomic mass is 35.5. The third-order valence-corrected chi connectivity index (χ3v) is 5.31. The van der Waals surface area contributed by atoms with Crippen LogP contribution in [0.4, 0.5) is 5.69 Å². The molecule has 122 valence electrons. The fourth-order valence-corrected chi connectivity index (χ4v) is 3.82. The molecule has 6 nitrogen and oxygen atoms in total. The van der Waals surface area contributed by atoms with Crippen molar-refractivity contribution >= 4 is 17.3 Å². The number of hydrogen-bond donors (Lipinski definition) is 1. The monoisotopic (exact) mass is 334 g/mol. The number of nitrogens with zero attached hydrogens (tertiary/aromatic N) is 3. The largest absolute Gasteiger partial charge is 0.496 e. The second kappa shape index (κ2) is 5.69. The molecule has 5 rings (SSSR count). The minimum Gasteiger partial charge on any atom is -0.496 e. The number of piperidine rings is 3. The SMILES string of the molecule is COc1cc(N)c(Cl)cc1-c1nc(C2CN3CCC2CC3)no1. The molecule has 0 saturated carbocycles. The van der Waals surface area contributed by atoms with E-state index in [-0.39, 0.29) is 0 Å². The van der Waals surface area contributed by atoms with Gasteiger partial charge in [0.1, 0.15) is 5.75 Å². The first kappa shape index (κ1) is 14.8. The molecule has 3 fully saturated rings. The van der Waals surface area contributed by atoms with Crippen molar-refractivity contribution in [2.24, 2.45) is 5.92 Å². The molecular weight excluding hydrogens is 316 g/mol. The lowest BCUT2D eigenvalue weighted by Crippen LogP contribution is -2.46. The number of aromatic nitrogens is 2. The maximum atomic E-state index is 6.12. The summed E-state index contributed by atoms with van der Waals surface area (Å²) in [6, 6.07) is 3.39. The van der Waals surface area contributed by atoms with Crippen LogP contribution in [0.2, 0.25) is 5.02 Å². The van der Waals surface area contributed by atoms with Gasteiger partial charge in [-0.3, -0.25) is 0 Å². The molecule has 1 aromatic carbocycles. The van der Waals surface area contributed by atoms with Gasteiger partial charge in [-0.05, 0) is 37.9 Å². The summed E-state index contributed by atoms with van der Waals surface area (Å²) in [6.07, 6.45) is 2.43. The second-order valence-corrected chi connectivity index (χ2v) is 6.68. The van der Waals surface area contributed by atoms with Crippen LogP contribution in [0.25, 0.3) is 11.5 Å². The molecule has 0 amide bonds. The quantitative estimate of drug-likeness (QED) is 0.870. The number of nitrogens with two attached hydrogens (primary N) is 1. The Morgan fingerprint density at radius 3 is 2.78 bits per heavy atom. The highest BCUT2D eigenvalue weighted by molar-refractivity contribution is 6.33. The van der Waals surface area contributed by atoms with Crippen molar-refractivity contribution in [3.05, 3.63) is 23.0 Å². The van der Waals surface area contributed by atoms with Crippen molar-refractivity contribution in [2.45, 2.75) is 18.8 Å². The number of ether oxygens (including phenoxy) is 1. The van der Waals surface area contributed by atoms with Gasteiger partial charge < -0.3 is 19.9 Å². The molecule has 3 aliphatic heterocycles. The lowest BCUT2D eigenvalue weighted by molar-refractivity contribution is 0.0825. The van der Waals surface area contributed by atoms with Crippen LogP contribution < -0.4 is 10.5 Å². The molecule has 2 aromatic rings. The zero-order valence-corrected chi connectivity index (χ0v) is 13.7. The molecule has 1 atom stereocenters. The number of halogens is 1. The molecule has 3 aliphatic rings. The summed E-state index contributed by atoms with van der Waals surface area (Å²) in [4.78, 5) is 7.09. The van der Waals surface area contributed by atoms with Crippen LogP contribution >= 0.6 is 11.6 Å². The summed E-state index contributed by atoms with van der Waals surface area (Å²) in [5, 5.41) is 4.67. The van der Waals surface area contributed by atoms with Gasteiger partial charge in [-0.2, -0.15) is 4.98 Å². The van der Waals surface area contributed by atoms with Gasteiger partial charge in [-0.25, -0.2) is 0 Å². The Morgan fingerprint density at radius 1 is 1.35 bits per heavy atom. The Morgan fingerprint density at radius 2 is 2.13 bits per heavy atom. The average molecular weight is 335 g/mol. The number of anilines is 1. The maximum Gasteiger partial charge on any atom is 0.261 e. The van der Waals surface area contributed by atoms with Gasteiger partial charge >= 0.3 is 0 Å². The van der Waals surface area contributed by atoms with Crippen LogP contribution in [-0.4, -0.2) is 41.8 Å². The predicted molar refractivity (Wildman–Crippen MR) is 87.6 cm³/mol. The van der Waals surface area contributed by atoms with E-state index < -0.39 is 0 Å². The molecule has 1 aromatic heterocycles. The zero-order chi connectivity index (χ0) is 16.0. The van der Waals surface area contributed by atoms with E-state index in [2.05, 4.69) is 15.0 Å². The first-order valence-corrected chi connectivity index (χ1v) is 8.23. The molecule has 1 unspecified atom stereocenters. The number of nitrogen functional groups attached to an aromatic ring is 1. The standard InChI is InChI=1S/C16H19ClN4O2/c1-22-14-7-13(18)12(17)6-10(14)16-19-15(20-23-16)11-8-21-4-2-9(11)3-5-21/h6-7,9,11H,2-5,8,18H2,1H3. The van der Waals surface area contributed by atoms with Crippen LogP contribution in [0.1, 0.15) is 24.6 Å². The van der Waals surface area contributed by atoms with Crippen LogP contribution in [0.3, 0.4) is 0 Å². The van der Waals surface area contributed by atoms with Crippen molar-refractivity contribution in [3.8, 4) is 17.2 Å². The van der Waals surface area contributed by atoms with Gasteiger partial charge in [0.15, 0.2) is 5.82 Å². The summed E-state index contributed by atoms with van der Waals surface area (Å²) in [7, 11) is 1.58. The van der Waals surface area contributed by atoms with Gasteiger partial charge in [0.25, 0.3) is 5.89 Å². The van der Waals surface area contributed by atoms with Crippen LogP contribution in [-0.2, 0) is 0 Å². The average Bonchev–Trinajstić information content (AvgIpc) is 3.07. The molecule has 2 N–H and O–H groups in total. The number of methoxy groups -OCH3 is 1. The minimum absolute atomic E-state index is 0.352. The van der Waals surface area contributed by atoms with Crippen LogP contribution in [0.15, 0.2) is 16.7 Å². The number of fused-ring (bicyclic) bond motifs is 3. The highest BCUT2D eigenvalue weighted by Crippen LogP contribution is 2.40. The van der Waals surface area contributed by atoms with Crippen molar-refractivity contribution in [2.75, 3.05) is 32.5 Å². The molecule has 0 spiro atoms. The van der Waals surface area contributed by atoms with Gasteiger partial charge in [-0.1, -0.05) is 16.8 Å². The van der Waals surface area contributed by atoms with Crippen molar-refractivity contribution in [1.29, 1.82) is 0 Å². The number of rotatable bonds is 3. The van der Waals surface area contributed by atoms with E-state index in [4.69, 9.17) is 26.6 Å². The van der Waals surface area contributed by atoms with Crippen LogP contribution in [0.5, 0.6) is 5.75 Å². The van der Waals surface area contributed by atoms with E-state index >= 15 is 0 Å². The first-order valence-electron chi connectivity index (χ1n) is 7.85. The van der Waals surface area contributed by atoms with Crippen molar-refractivity contribution in [3.63, 3.8) is 0 Å². The molecule has 2 bridgehead atoms. The lowest BCUT2D eigenvalue weighted by atomic mass is 9.79. The van der Waals surface area contributed by atoms with Gasteiger partial charge in [-0.15, -0.1) is 0 Å². The fourth-order valence-electron chi connectivity index (χ4n) is 3.66. The number of hydrogen-bond acceptors (Lipinski definition) is 6. The van der Waals surface area contributed by atoms with E-state index in [1.165, 1.54) is 25.9 Å². The second-order valence-electron chi connectivity index (χ2n) is 6.28. The third-order valence-electron chi connectivity index (χ3n) is 4.98. The molecular formula is C16H19ClN4O2. The molecule has 23 heavy (non-hydrogen) atoms. The zero-order valence-electron chi connectivity index (χ0n) is 13.0. The minimum atomic E-state index is 0.352. The van der Waals surface area contributed by atoms with Crippen LogP contribution in [0, 0.1) is 5.92 Å². The Labute approximate surface area is 139 Å². The highest BCUT2D eigenvalue weighted by Gasteiger charge is 2.37. The summed E-state index contributed by atoms with van der Waals surface area (Å²) in [5.41, 5.74) is 6.96. The smallest absolute Gasteiger partial charge is 0.261 e. The summed E-state index contributed by atoms with van der Waals surface area (Å²) in [5.74, 6) is 2.79. The Kier molecular flexibility index (Phi) is 3.66. The third kappa shape index (κ3) is 2.56. The van der Waals surface area contributed by atoms with Crippen molar-refractivity contribution in [1.82, 2.24) is 15.0 Å². The van der Waals surface area contributed by atoms with E-state index in [0.29, 0.717) is 39.7 Å². The summed E-state index contributed by atoms with van der Waals surface area (Å²) >= 11 is 6.12. The fraction of sp³-hybridized carbons (Fsp3) is 0.500. The predicted octanol–water partition coefficient (Wildman–Crippen LogP) is 2.79. The van der Waals surface area contributed by atoms with E-state index in [1.54, 1.807) is 19.2 Å². The lowest BCUT2D eigenvalue weighted by Gasteiger charge is -2.43. The summed E-state index contributed by atoms with van der Waals surface area (Å²) < 4.78 is 10.9. The Bertz CT molecular complexity index is 725. The van der Waals surface area contributed by atoms with E-state index in [1.807, 2.05) is 0 Å². The van der Waals surface area contributed by atoms with Crippen molar-refractivity contribution < 1.29 is 9.26 Å². The molecule has 0 aliphatic carbocycles. The molecule has 3 saturated heterocycles. The van der Waals surface area contributed by atoms with E-state index in [0.717, 1.165) is 12.4 Å². The Hall–Kier alpha value is -1.79. The van der Waals surface area contributed by atoms with Gasteiger partial charge in [0.2, 0.25) is 0 Å². The van der Waals surface area contributed by atoms with Gasteiger partial charge in [0.05, 0.1) is 23.4 Å². The van der Waals surface area contributed by atoms with E-state index in [9.17, 15) is 0 Å². The first-order chi connectivity index (χ1) is 11.2. The van der Waals surface area contributed by atoms with Gasteiger partial charge in [0, 0.05) is 18.5 Å². The normalized spacial score (nSPS) is 26.4. The molecule has 7 heteroatoms. The Balaban J connectivity index is 1.67. The molecule has 4 heterocycles. The number of benzene rings is 1.